The lowest BCUT2D eigenvalue weighted by molar-refractivity contribution is 1.36. The summed E-state index contributed by atoms with van der Waals surface area (Å²) < 4.78 is 1.08. The minimum atomic E-state index is 1.08. The fraction of sp³-hybridized carbons (Fsp3) is 0.300. The van der Waals surface area contributed by atoms with Crippen LogP contribution >= 0.6 is 40.1 Å². The van der Waals surface area contributed by atoms with E-state index in [1.165, 1.54) is 30.2 Å². The second-order valence-corrected chi connectivity index (χ2v) is 8.09. The van der Waals surface area contributed by atoms with Crippen LogP contribution in [0.2, 0.25) is 0 Å². The molecule has 13 heavy (non-hydrogen) atoms. The molecule has 0 aliphatic heterocycles. The summed E-state index contributed by atoms with van der Waals surface area (Å²) in [5.74, 6) is 0. The highest BCUT2D eigenvalue weighted by Gasteiger charge is 2.01. The number of halogens is 2. The SMILES string of the molecule is Cc1cc(C)c(P=C(Br)Br)c(C)c1. The van der Waals surface area contributed by atoms with Crippen molar-refractivity contribution in [3.63, 3.8) is 0 Å². The summed E-state index contributed by atoms with van der Waals surface area (Å²) in [5.41, 5.74) is 4.05. The summed E-state index contributed by atoms with van der Waals surface area (Å²) in [6, 6.07) is 4.44. The Morgan fingerprint density at radius 1 is 1.08 bits per heavy atom. The van der Waals surface area contributed by atoms with Gasteiger partial charge in [-0.15, -0.1) is 0 Å². The lowest BCUT2D eigenvalue weighted by atomic mass is 10.1. The third-order valence-corrected chi connectivity index (χ3v) is 3.99. The molecule has 0 fully saturated rings. The summed E-state index contributed by atoms with van der Waals surface area (Å²) in [6.45, 7) is 6.45. The number of rotatable bonds is 1. The normalized spacial score (nSPS) is 10.5. The summed E-state index contributed by atoms with van der Waals surface area (Å²) in [7, 11) is 1.21. The van der Waals surface area contributed by atoms with Crippen molar-refractivity contribution in [1.29, 1.82) is 0 Å². The Kier molecular flexibility index (Phi) is 4.15. The fourth-order valence-electron chi connectivity index (χ4n) is 1.43. The van der Waals surface area contributed by atoms with Crippen LogP contribution in [0.1, 0.15) is 16.7 Å². The first kappa shape index (κ1) is 11.4. The minimum Gasteiger partial charge on any atom is -0.0554 e. The molecule has 0 saturated carbocycles. The molecule has 0 N–H and O–H groups in total. The highest BCUT2D eigenvalue weighted by atomic mass is 79.9. The second kappa shape index (κ2) is 4.72. The first-order chi connectivity index (χ1) is 6.00. The molecule has 1 rings (SSSR count). The summed E-state index contributed by atoms with van der Waals surface area (Å²) in [6.07, 6.45) is 0. The van der Waals surface area contributed by atoms with Gasteiger partial charge >= 0.3 is 0 Å². The van der Waals surface area contributed by atoms with Crippen LogP contribution in [0.15, 0.2) is 12.1 Å². The number of hydrogen-bond donors (Lipinski definition) is 0. The van der Waals surface area contributed by atoms with Crippen molar-refractivity contribution >= 4 is 48.5 Å². The van der Waals surface area contributed by atoms with E-state index in [0.29, 0.717) is 0 Å². The smallest absolute Gasteiger partial charge is 0.0554 e. The van der Waals surface area contributed by atoms with Gasteiger partial charge in [-0.2, -0.15) is 0 Å². The van der Waals surface area contributed by atoms with Crippen molar-refractivity contribution in [2.24, 2.45) is 0 Å². The first-order valence-corrected chi connectivity index (χ1v) is 6.46. The maximum Gasteiger partial charge on any atom is 0.0878 e. The Hall–Kier alpha value is 0.350. The van der Waals surface area contributed by atoms with Crippen LogP contribution in [0.3, 0.4) is 0 Å². The Balaban J connectivity index is 3.29. The van der Waals surface area contributed by atoms with E-state index in [-0.39, 0.29) is 0 Å². The second-order valence-electron chi connectivity index (χ2n) is 3.10. The molecule has 0 aliphatic carbocycles. The molecule has 0 bridgehead atoms. The van der Waals surface area contributed by atoms with Gasteiger partial charge in [0, 0.05) is 5.30 Å². The zero-order chi connectivity index (χ0) is 10.0. The summed E-state index contributed by atoms with van der Waals surface area (Å²) in [5, 5.41) is 1.38. The highest BCUT2D eigenvalue weighted by molar-refractivity contribution is 9.41. The average molecular weight is 322 g/mol. The van der Waals surface area contributed by atoms with Crippen molar-refractivity contribution < 1.29 is 0 Å². The quantitative estimate of drug-likeness (QED) is 0.684. The van der Waals surface area contributed by atoms with E-state index in [1.807, 2.05) is 0 Å². The molecule has 0 atom stereocenters. The molecular weight excluding hydrogens is 311 g/mol. The zero-order valence-electron chi connectivity index (χ0n) is 7.86. The summed E-state index contributed by atoms with van der Waals surface area (Å²) >= 11 is 6.84. The van der Waals surface area contributed by atoms with Crippen molar-refractivity contribution in [2.45, 2.75) is 20.8 Å². The van der Waals surface area contributed by atoms with E-state index in [2.05, 4.69) is 64.8 Å². The Morgan fingerprint density at radius 2 is 1.54 bits per heavy atom. The van der Waals surface area contributed by atoms with E-state index in [1.54, 1.807) is 0 Å². The molecule has 70 valence electrons. The molecule has 1 aromatic carbocycles. The number of hydrogen-bond acceptors (Lipinski definition) is 0. The van der Waals surface area contributed by atoms with E-state index in [9.17, 15) is 0 Å². The van der Waals surface area contributed by atoms with Gasteiger partial charge in [-0.3, -0.25) is 0 Å². The van der Waals surface area contributed by atoms with E-state index in [0.717, 1.165) is 3.11 Å². The zero-order valence-corrected chi connectivity index (χ0v) is 11.9. The van der Waals surface area contributed by atoms with E-state index in [4.69, 9.17) is 0 Å². The molecule has 0 amide bonds. The van der Waals surface area contributed by atoms with Gasteiger partial charge in [0.25, 0.3) is 0 Å². The van der Waals surface area contributed by atoms with Crippen molar-refractivity contribution in [3.05, 3.63) is 28.8 Å². The molecular formula is C10H11Br2P. The van der Waals surface area contributed by atoms with Crippen molar-refractivity contribution in [3.8, 4) is 0 Å². The minimum absolute atomic E-state index is 1.08. The van der Waals surface area contributed by atoms with Gasteiger partial charge in [0.05, 0.1) is 3.11 Å². The van der Waals surface area contributed by atoms with Crippen LogP contribution in [0.25, 0.3) is 0 Å². The number of benzene rings is 1. The van der Waals surface area contributed by atoms with Gasteiger partial charge in [0.1, 0.15) is 0 Å². The van der Waals surface area contributed by atoms with Crippen LogP contribution in [0.5, 0.6) is 0 Å². The van der Waals surface area contributed by atoms with Crippen molar-refractivity contribution in [1.82, 2.24) is 0 Å². The Labute approximate surface area is 97.8 Å². The standard InChI is InChI=1S/C10H11Br2P/c1-6-4-7(2)9(8(3)5-6)13-10(11)12/h4-5H,1-3H3. The highest BCUT2D eigenvalue weighted by Crippen LogP contribution is 2.17. The molecule has 0 aromatic heterocycles. The van der Waals surface area contributed by atoms with Gasteiger partial charge in [-0.25, -0.2) is 0 Å². The van der Waals surface area contributed by atoms with Crippen LogP contribution in [-0.4, -0.2) is 3.11 Å². The molecule has 0 heterocycles. The monoisotopic (exact) mass is 320 g/mol. The third-order valence-electron chi connectivity index (χ3n) is 1.83. The van der Waals surface area contributed by atoms with Gasteiger partial charge in [-0.05, 0) is 72.0 Å². The van der Waals surface area contributed by atoms with Crippen molar-refractivity contribution in [2.75, 3.05) is 0 Å². The van der Waals surface area contributed by atoms with Gasteiger partial charge < -0.3 is 0 Å². The van der Waals surface area contributed by atoms with Crippen LogP contribution < -0.4 is 5.30 Å². The predicted molar refractivity (Wildman–Crippen MR) is 70.1 cm³/mol. The van der Waals surface area contributed by atoms with Gasteiger partial charge in [-0.1, -0.05) is 17.7 Å². The molecule has 0 aliphatic rings. The molecule has 0 nitrogen and oxygen atoms in total. The lowest BCUT2D eigenvalue weighted by Crippen LogP contribution is -2.04. The molecule has 3 heteroatoms. The van der Waals surface area contributed by atoms with Gasteiger partial charge in [0.2, 0.25) is 0 Å². The first-order valence-electron chi connectivity index (χ1n) is 3.98. The molecule has 0 saturated heterocycles. The number of aryl methyl sites for hydroxylation is 3. The average Bonchev–Trinajstić information content (AvgIpc) is 1.96. The molecule has 0 unspecified atom stereocenters. The lowest BCUT2D eigenvalue weighted by Gasteiger charge is -2.06. The van der Waals surface area contributed by atoms with Crippen LogP contribution in [0.4, 0.5) is 0 Å². The Bertz CT molecular complexity index is 329. The fourth-order valence-corrected chi connectivity index (χ4v) is 3.15. The molecule has 1 aromatic rings. The van der Waals surface area contributed by atoms with Crippen LogP contribution in [0, 0.1) is 20.8 Å². The maximum atomic E-state index is 3.42. The topological polar surface area (TPSA) is 0 Å². The van der Waals surface area contributed by atoms with E-state index >= 15 is 0 Å². The van der Waals surface area contributed by atoms with Crippen LogP contribution in [-0.2, 0) is 0 Å². The molecule has 0 radical (unpaired) electrons. The third kappa shape index (κ3) is 3.19. The summed E-state index contributed by atoms with van der Waals surface area (Å²) in [4.78, 5) is 0. The Morgan fingerprint density at radius 3 is 1.92 bits per heavy atom. The largest absolute Gasteiger partial charge is 0.0878 e. The van der Waals surface area contributed by atoms with Gasteiger partial charge in [0.15, 0.2) is 0 Å². The predicted octanol–water partition coefficient (Wildman–Crippen LogP) is 4.06. The molecule has 0 spiro atoms. The van der Waals surface area contributed by atoms with E-state index < -0.39 is 0 Å². The maximum absolute atomic E-state index is 3.42.